The zero-order chi connectivity index (χ0) is 9.19. The van der Waals surface area contributed by atoms with Crippen molar-refractivity contribution in [3.63, 3.8) is 0 Å². The lowest BCUT2D eigenvalue weighted by Gasteiger charge is -2.02. The largest absolute Gasteiger partial charge is 0.412 e. The smallest absolute Gasteiger partial charge is 0.294 e. The van der Waals surface area contributed by atoms with Gasteiger partial charge in [-0.3, -0.25) is 4.55 Å². The van der Waals surface area contributed by atoms with Crippen LogP contribution in [0.15, 0.2) is 29.2 Å². The summed E-state index contributed by atoms with van der Waals surface area (Å²) in [5, 5.41) is 0. The Morgan fingerprint density at radius 2 is 1.85 bits per heavy atom. The molecule has 0 aliphatic heterocycles. The summed E-state index contributed by atoms with van der Waals surface area (Å²) in [5.74, 6) is 0. The normalized spacial score (nSPS) is 10.6. The van der Waals surface area contributed by atoms with E-state index in [1.165, 1.54) is 6.07 Å². The van der Waals surface area contributed by atoms with E-state index in [0.717, 1.165) is 0 Å². The van der Waals surface area contributed by atoms with Gasteiger partial charge in [0.15, 0.2) is 0 Å². The van der Waals surface area contributed by atoms with Crippen LogP contribution in [0.5, 0.6) is 0 Å². The first kappa shape index (κ1) is 12.1. The highest BCUT2D eigenvalue weighted by atomic mass is 32.2. The highest BCUT2D eigenvalue weighted by Crippen LogP contribution is 2.14. The minimum atomic E-state index is -4.05. The Bertz CT molecular complexity index is 369. The van der Waals surface area contributed by atoms with Crippen LogP contribution in [-0.4, -0.2) is 18.4 Å². The topological polar surface area (TPSA) is 85.9 Å². The molecular formula is C8H12O4S. The van der Waals surface area contributed by atoms with Crippen molar-refractivity contribution in [1.82, 2.24) is 0 Å². The fourth-order valence-corrected chi connectivity index (χ4v) is 1.84. The van der Waals surface area contributed by atoms with E-state index in [0.29, 0.717) is 12.0 Å². The van der Waals surface area contributed by atoms with Gasteiger partial charge in [0.25, 0.3) is 10.1 Å². The molecule has 0 bridgehead atoms. The molecule has 0 aliphatic rings. The van der Waals surface area contributed by atoms with Crippen LogP contribution in [0.25, 0.3) is 0 Å². The molecule has 1 aromatic carbocycles. The summed E-state index contributed by atoms with van der Waals surface area (Å²) in [7, 11) is -4.05. The van der Waals surface area contributed by atoms with E-state index in [1.807, 2.05) is 6.92 Å². The summed E-state index contributed by atoms with van der Waals surface area (Å²) in [4.78, 5) is 0.00694. The average molecular weight is 204 g/mol. The Kier molecular flexibility index (Phi) is 4.06. The number of hydrogen-bond acceptors (Lipinski definition) is 2. The van der Waals surface area contributed by atoms with Crippen LogP contribution >= 0.6 is 0 Å². The molecular weight excluding hydrogens is 192 g/mol. The maximum atomic E-state index is 10.8. The summed E-state index contributed by atoms with van der Waals surface area (Å²) in [5.41, 5.74) is 0.639. The van der Waals surface area contributed by atoms with Gasteiger partial charge in [0, 0.05) is 0 Å². The molecule has 0 unspecified atom stereocenters. The zero-order valence-electron chi connectivity index (χ0n) is 7.19. The molecule has 13 heavy (non-hydrogen) atoms. The van der Waals surface area contributed by atoms with Crippen LogP contribution in [-0.2, 0) is 16.5 Å². The van der Waals surface area contributed by atoms with Crippen LogP contribution in [0.4, 0.5) is 0 Å². The van der Waals surface area contributed by atoms with Gasteiger partial charge in [0.2, 0.25) is 0 Å². The molecule has 0 saturated carbocycles. The first-order valence-electron chi connectivity index (χ1n) is 3.61. The van der Waals surface area contributed by atoms with Crippen LogP contribution in [0.2, 0.25) is 0 Å². The third kappa shape index (κ3) is 2.80. The van der Waals surface area contributed by atoms with Crippen LogP contribution < -0.4 is 0 Å². The molecule has 1 aromatic rings. The lowest BCUT2D eigenvalue weighted by molar-refractivity contribution is 0.482. The van der Waals surface area contributed by atoms with Gasteiger partial charge in [-0.2, -0.15) is 8.42 Å². The zero-order valence-corrected chi connectivity index (χ0v) is 8.00. The molecule has 0 heterocycles. The Hall–Kier alpha value is -0.910. The van der Waals surface area contributed by atoms with Gasteiger partial charge in [-0.1, -0.05) is 25.1 Å². The average Bonchev–Trinajstić information content (AvgIpc) is 2.03. The van der Waals surface area contributed by atoms with Crippen molar-refractivity contribution in [1.29, 1.82) is 0 Å². The molecule has 5 heteroatoms. The molecule has 0 radical (unpaired) electrons. The second-order valence-corrected chi connectivity index (χ2v) is 3.83. The predicted octanol–water partition coefficient (Wildman–Crippen LogP) is 0.671. The Balaban J connectivity index is 0.00000144. The van der Waals surface area contributed by atoms with Crippen LogP contribution in [0.3, 0.4) is 0 Å². The summed E-state index contributed by atoms with van der Waals surface area (Å²) >= 11 is 0. The van der Waals surface area contributed by atoms with Crippen molar-refractivity contribution in [2.24, 2.45) is 0 Å². The first-order chi connectivity index (χ1) is 5.55. The quantitative estimate of drug-likeness (QED) is 0.718. The molecule has 0 amide bonds. The molecule has 0 aliphatic carbocycles. The Labute approximate surface area is 77.3 Å². The molecule has 74 valence electrons. The minimum Gasteiger partial charge on any atom is -0.412 e. The SMILES string of the molecule is CCc1ccccc1S(=O)(=O)O.O. The lowest BCUT2D eigenvalue weighted by atomic mass is 10.2. The molecule has 0 saturated heterocycles. The third-order valence-electron chi connectivity index (χ3n) is 1.63. The van der Waals surface area contributed by atoms with E-state index in [-0.39, 0.29) is 10.4 Å². The number of rotatable bonds is 2. The Morgan fingerprint density at radius 3 is 2.23 bits per heavy atom. The van der Waals surface area contributed by atoms with Crippen molar-refractivity contribution in [2.45, 2.75) is 18.2 Å². The minimum absolute atomic E-state index is 0. The highest BCUT2D eigenvalue weighted by Gasteiger charge is 2.12. The Morgan fingerprint density at radius 1 is 1.31 bits per heavy atom. The van der Waals surface area contributed by atoms with Crippen molar-refractivity contribution >= 4 is 10.1 Å². The van der Waals surface area contributed by atoms with E-state index in [2.05, 4.69) is 0 Å². The summed E-state index contributed by atoms with van der Waals surface area (Å²) in [6, 6.07) is 6.41. The van der Waals surface area contributed by atoms with E-state index in [1.54, 1.807) is 18.2 Å². The molecule has 0 atom stereocenters. The first-order valence-corrected chi connectivity index (χ1v) is 5.05. The van der Waals surface area contributed by atoms with Gasteiger partial charge >= 0.3 is 0 Å². The molecule has 0 aromatic heterocycles. The molecule has 0 fully saturated rings. The number of aryl methyl sites for hydroxylation is 1. The molecule has 0 spiro atoms. The maximum absolute atomic E-state index is 10.8. The summed E-state index contributed by atoms with van der Waals surface area (Å²) < 4.78 is 30.3. The fraction of sp³-hybridized carbons (Fsp3) is 0.250. The summed E-state index contributed by atoms with van der Waals surface area (Å²) in [6.07, 6.45) is 0.593. The van der Waals surface area contributed by atoms with Crippen molar-refractivity contribution < 1.29 is 18.4 Å². The van der Waals surface area contributed by atoms with E-state index in [9.17, 15) is 8.42 Å². The standard InChI is InChI=1S/C8H10O3S.H2O/c1-2-7-5-3-4-6-8(7)12(9,10)11;/h3-6H,2H2,1H3,(H,9,10,11);1H2. The van der Waals surface area contributed by atoms with Gasteiger partial charge in [0.1, 0.15) is 0 Å². The second-order valence-electron chi connectivity index (χ2n) is 2.44. The van der Waals surface area contributed by atoms with Gasteiger partial charge in [-0.15, -0.1) is 0 Å². The van der Waals surface area contributed by atoms with Crippen molar-refractivity contribution in [2.75, 3.05) is 0 Å². The monoisotopic (exact) mass is 204 g/mol. The molecule has 3 N–H and O–H groups in total. The number of benzene rings is 1. The summed E-state index contributed by atoms with van der Waals surface area (Å²) in [6.45, 7) is 1.84. The van der Waals surface area contributed by atoms with E-state index in [4.69, 9.17) is 4.55 Å². The highest BCUT2D eigenvalue weighted by molar-refractivity contribution is 7.85. The molecule has 1 rings (SSSR count). The van der Waals surface area contributed by atoms with E-state index < -0.39 is 10.1 Å². The van der Waals surface area contributed by atoms with Crippen LogP contribution in [0.1, 0.15) is 12.5 Å². The van der Waals surface area contributed by atoms with Gasteiger partial charge < -0.3 is 5.48 Å². The van der Waals surface area contributed by atoms with E-state index >= 15 is 0 Å². The van der Waals surface area contributed by atoms with Gasteiger partial charge in [-0.25, -0.2) is 0 Å². The van der Waals surface area contributed by atoms with Crippen LogP contribution in [0, 0.1) is 0 Å². The molecule has 4 nitrogen and oxygen atoms in total. The third-order valence-corrected chi connectivity index (χ3v) is 2.59. The van der Waals surface area contributed by atoms with Crippen molar-refractivity contribution in [3.05, 3.63) is 29.8 Å². The lowest BCUT2D eigenvalue weighted by Crippen LogP contribution is -2.01. The van der Waals surface area contributed by atoms with Crippen molar-refractivity contribution in [3.8, 4) is 0 Å². The second kappa shape index (κ2) is 4.36. The number of hydrogen-bond donors (Lipinski definition) is 1. The maximum Gasteiger partial charge on any atom is 0.294 e. The predicted molar refractivity (Wildman–Crippen MR) is 49.2 cm³/mol. The van der Waals surface area contributed by atoms with Gasteiger partial charge in [-0.05, 0) is 18.1 Å². The van der Waals surface area contributed by atoms with Gasteiger partial charge in [0.05, 0.1) is 4.90 Å². The fourth-order valence-electron chi connectivity index (χ4n) is 1.05.